The molecule has 4 amide bonds. The maximum Gasteiger partial charge on any atom is 0.239 e. The molecule has 2 aromatic rings. The van der Waals surface area contributed by atoms with Gasteiger partial charge in [0, 0.05) is 45.6 Å². The van der Waals surface area contributed by atoms with Gasteiger partial charge in [-0.05, 0) is 55.2 Å². The van der Waals surface area contributed by atoms with Gasteiger partial charge in [-0.2, -0.15) is 0 Å². The molecule has 1 N–H and O–H groups in total. The lowest BCUT2D eigenvalue weighted by Crippen LogP contribution is -2.58. The van der Waals surface area contributed by atoms with E-state index in [0.29, 0.717) is 63.7 Å². The summed E-state index contributed by atoms with van der Waals surface area (Å²) >= 11 is 0. The number of likely N-dealkylation sites (N-methyl/N-ethyl adjacent to an activating group) is 1. The zero-order chi connectivity index (χ0) is 28.8. The molecule has 10 nitrogen and oxygen atoms in total. The summed E-state index contributed by atoms with van der Waals surface area (Å²) in [5, 5.41) is 3.06. The van der Waals surface area contributed by atoms with E-state index in [1.807, 2.05) is 55.5 Å². The van der Waals surface area contributed by atoms with Gasteiger partial charge in [-0.3, -0.25) is 19.2 Å². The maximum atomic E-state index is 13.2. The summed E-state index contributed by atoms with van der Waals surface area (Å²) in [7, 11) is 0. The molecule has 2 atom stereocenters. The van der Waals surface area contributed by atoms with E-state index in [-0.39, 0.29) is 49.1 Å². The number of rotatable bonds is 4. The van der Waals surface area contributed by atoms with Gasteiger partial charge in [-0.1, -0.05) is 24.3 Å². The highest BCUT2D eigenvalue weighted by molar-refractivity contribution is 5.86. The van der Waals surface area contributed by atoms with Crippen molar-refractivity contribution in [2.45, 2.75) is 57.8 Å². The highest BCUT2D eigenvalue weighted by atomic mass is 16.5. The second-order valence-corrected chi connectivity index (χ2v) is 10.9. The van der Waals surface area contributed by atoms with Crippen molar-refractivity contribution >= 4 is 23.6 Å². The van der Waals surface area contributed by atoms with Gasteiger partial charge in [0.2, 0.25) is 23.6 Å². The molecule has 5 rings (SSSR count). The van der Waals surface area contributed by atoms with Crippen molar-refractivity contribution in [2.75, 3.05) is 39.3 Å². The first-order chi connectivity index (χ1) is 19.9. The van der Waals surface area contributed by atoms with Crippen molar-refractivity contribution in [3.63, 3.8) is 0 Å². The largest absolute Gasteiger partial charge is 0.457 e. The minimum absolute atomic E-state index is 0.0437. The van der Waals surface area contributed by atoms with E-state index in [1.165, 1.54) is 4.90 Å². The van der Waals surface area contributed by atoms with Crippen LogP contribution in [0.2, 0.25) is 0 Å². The normalized spacial score (nSPS) is 22.1. The third-order valence-corrected chi connectivity index (χ3v) is 7.94. The Labute approximate surface area is 240 Å². The monoisotopic (exact) mass is 562 g/mol. The highest BCUT2D eigenvalue weighted by Crippen LogP contribution is 2.25. The molecule has 0 unspecified atom stereocenters. The zero-order valence-electron chi connectivity index (χ0n) is 23.5. The molecule has 218 valence electrons. The number of ether oxygens (including phenoxy) is 2. The molecule has 41 heavy (non-hydrogen) atoms. The lowest BCUT2D eigenvalue weighted by Gasteiger charge is -2.39. The predicted molar refractivity (Wildman–Crippen MR) is 151 cm³/mol. The van der Waals surface area contributed by atoms with Gasteiger partial charge >= 0.3 is 0 Å². The summed E-state index contributed by atoms with van der Waals surface area (Å²) < 4.78 is 12.4. The summed E-state index contributed by atoms with van der Waals surface area (Å²) in [6.45, 7) is 4.39. The zero-order valence-corrected chi connectivity index (χ0v) is 23.5. The number of benzene rings is 2. The first-order valence-corrected chi connectivity index (χ1v) is 14.5. The number of piperidine rings is 1. The van der Waals surface area contributed by atoms with E-state index in [2.05, 4.69) is 5.32 Å². The third-order valence-electron chi connectivity index (χ3n) is 7.94. The minimum Gasteiger partial charge on any atom is -0.457 e. The summed E-state index contributed by atoms with van der Waals surface area (Å²) in [5.41, 5.74) is 1.72. The molecule has 10 heteroatoms. The van der Waals surface area contributed by atoms with Crippen LogP contribution in [0.3, 0.4) is 0 Å². The average molecular weight is 563 g/mol. The number of likely N-dealkylation sites (tertiary alicyclic amines) is 2. The molecule has 2 saturated heterocycles. The third kappa shape index (κ3) is 7.43. The lowest BCUT2D eigenvalue weighted by molar-refractivity contribution is -0.139. The van der Waals surface area contributed by atoms with Crippen LogP contribution in [-0.4, -0.2) is 89.7 Å². The first kappa shape index (κ1) is 28.6. The molecular formula is C31H38N4O6. The van der Waals surface area contributed by atoms with Crippen LogP contribution < -0.4 is 10.1 Å². The van der Waals surface area contributed by atoms with Gasteiger partial charge in [0.1, 0.15) is 11.5 Å². The second-order valence-electron chi connectivity index (χ2n) is 10.9. The van der Waals surface area contributed by atoms with E-state index in [9.17, 15) is 19.2 Å². The van der Waals surface area contributed by atoms with Crippen molar-refractivity contribution < 1.29 is 28.7 Å². The van der Waals surface area contributed by atoms with Crippen molar-refractivity contribution in [2.24, 2.45) is 0 Å². The Hall–Kier alpha value is -3.92. The Kier molecular flexibility index (Phi) is 9.18. The summed E-state index contributed by atoms with van der Waals surface area (Å²) in [6.07, 6.45) is 2.02. The van der Waals surface area contributed by atoms with E-state index in [0.717, 1.165) is 17.5 Å². The number of carbonyl (C=O) groups excluding carboxylic acids is 4. The van der Waals surface area contributed by atoms with Gasteiger partial charge < -0.3 is 29.5 Å². The fraction of sp³-hybridized carbons (Fsp3) is 0.484. The number of nitrogens with one attached hydrogen (secondary N) is 1. The topological polar surface area (TPSA) is 108 Å². The van der Waals surface area contributed by atoms with E-state index in [4.69, 9.17) is 9.47 Å². The van der Waals surface area contributed by atoms with Gasteiger partial charge in [-0.15, -0.1) is 0 Å². The molecule has 0 aromatic heterocycles. The minimum atomic E-state index is -0.437. The summed E-state index contributed by atoms with van der Waals surface area (Å²) in [4.78, 5) is 56.4. The summed E-state index contributed by atoms with van der Waals surface area (Å²) in [5.74, 6) is 0.899. The number of carbonyl (C=O) groups is 4. The Balaban J connectivity index is 1.32. The van der Waals surface area contributed by atoms with Crippen LogP contribution in [-0.2, 0) is 36.9 Å². The summed E-state index contributed by atoms with van der Waals surface area (Å²) in [6, 6.07) is 14.6. The quantitative estimate of drug-likeness (QED) is 0.614. The van der Waals surface area contributed by atoms with Crippen LogP contribution in [0.15, 0.2) is 48.5 Å². The molecule has 2 fully saturated rings. The number of fused-ring (bicyclic) bond motifs is 5. The molecule has 3 aliphatic rings. The number of hydrogen-bond donors (Lipinski definition) is 1. The number of hydrogen-bond acceptors (Lipinski definition) is 6. The molecule has 2 aromatic carbocycles. The Bertz CT molecular complexity index is 1280. The fourth-order valence-electron chi connectivity index (χ4n) is 5.67. The second kappa shape index (κ2) is 13.2. The Morgan fingerprint density at radius 1 is 0.976 bits per heavy atom. The molecule has 0 saturated carbocycles. The van der Waals surface area contributed by atoms with E-state index >= 15 is 0 Å². The SMILES string of the molecule is CCN1CC(=O)N[C@H]2CN(C(=O)CCN3CCCC3=O)CC[C@@H]2OCc2cccc(c2)Oc2cccc(c2)CC1=O. The van der Waals surface area contributed by atoms with Gasteiger partial charge in [0.05, 0.1) is 31.7 Å². The fourth-order valence-corrected chi connectivity index (χ4v) is 5.67. The predicted octanol–water partition coefficient (Wildman–Crippen LogP) is 2.50. The van der Waals surface area contributed by atoms with Crippen LogP contribution >= 0.6 is 0 Å². The van der Waals surface area contributed by atoms with Crippen molar-refractivity contribution in [3.8, 4) is 11.5 Å². The van der Waals surface area contributed by atoms with Crippen LogP contribution in [0.4, 0.5) is 0 Å². The number of amides is 4. The van der Waals surface area contributed by atoms with Gasteiger partial charge in [0.25, 0.3) is 0 Å². The van der Waals surface area contributed by atoms with Crippen molar-refractivity contribution in [3.05, 3.63) is 59.7 Å². The maximum absolute atomic E-state index is 13.2. The smallest absolute Gasteiger partial charge is 0.239 e. The number of nitrogens with zero attached hydrogens (tertiary/aromatic N) is 3. The van der Waals surface area contributed by atoms with E-state index < -0.39 is 6.04 Å². The standard InChI is InChI=1S/C31H38N4O6/c1-2-33-20-28(36)32-26-19-35(30(38)12-15-34-13-5-10-29(34)37)14-11-27(26)40-21-23-7-4-9-25(17-23)41-24-8-3-6-22(16-24)18-31(33)39/h3-4,6-9,16-17,26-27H,2,5,10-15,18-21H2,1H3,(H,32,36)/t26-,27-/m0/s1. The van der Waals surface area contributed by atoms with Crippen LogP contribution in [0.1, 0.15) is 43.7 Å². The Morgan fingerprint density at radius 2 is 1.73 bits per heavy atom. The van der Waals surface area contributed by atoms with E-state index in [1.54, 1.807) is 9.80 Å². The van der Waals surface area contributed by atoms with Crippen molar-refractivity contribution in [1.82, 2.24) is 20.0 Å². The molecule has 4 bridgehead atoms. The molecular weight excluding hydrogens is 524 g/mol. The van der Waals surface area contributed by atoms with Crippen LogP contribution in [0.5, 0.6) is 11.5 Å². The molecule has 0 radical (unpaired) electrons. The molecule has 3 heterocycles. The van der Waals surface area contributed by atoms with Crippen LogP contribution in [0, 0.1) is 0 Å². The molecule has 0 spiro atoms. The van der Waals surface area contributed by atoms with Crippen LogP contribution in [0.25, 0.3) is 0 Å². The Morgan fingerprint density at radius 3 is 2.46 bits per heavy atom. The average Bonchev–Trinajstić information content (AvgIpc) is 3.38. The van der Waals surface area contributed by atoms with Gasteiger partial charge in [0.15, 0.2) is 0 Å². The van der Waals surface area contributed by atoms with Crippen molar-refractivity contribution in [1.29, 1.82) is 0 Å². The van der Waals surface area contributed by atoms with Gasteiger partial charge in [-0.25, -0.2) is 0 Å². The first-order valence-electron chi connectivity index (χ1n) is 14.5. The molecule has 0 aliphatic carbocycles. The lowest BCUT2D eigenvalue weighted by atomic mass is 10.0. The molecule has 3 aliphatic heterocycles. The highest BCUT2D eigenvalue weighted by Gasteiger charge is 2.34.